The summed E-state index contributed by atoms with van der Waals surface area (Å²) in [4.78, 5) is 11.0. The van der Waals surface area contributed by atoms with Gasteiger partial charge < -0.3 is 4.90 Å². The second-order valence-corrected chi connectivity index (χ2v) is 7.41. The molecule has 128 valence electrons. The number of anilines is 1. The first-order chi connectivity index (χ1) is 12.4. The van der Waals surface area contributed by atoms with Crippen molar-refractivity contribution in [3.8, 4) is 0 Å². The topological polar surface area (TPSA) is 19.4 Å². The predicted octanol–water partition coefficient (Wildman–Crippen LogP) is 4.25. The fraction of sp³-hybridized carbons (Fsp3) is 0.286. The summed E-state index contributed by atoms with van der Waals surface area (Å²) in [6, 6.07) is 21.9. The zero-order valence-corrected chi connectivity index (χ0v) is 15.1. The molecule has 1 saturated heterocycles. The maximum absolute atomic E-state index is 4.50. The summed E-state index contributed by atoms with van der Waals surface area (Å²) in [6.45, 7) is 4.22. The van der Waals surface area contributed by atoms with Crippen LogP contribution in [0.4, 0.5) is 5.82 Å². The van der Waals surface area contributed by atoms with Crippen LogP contribution in [0.1, 0.15) is 16.5 Å². The fourth-order valence-electron chi connectivity index (χ4n) is 3.53. The molecule has 1 unspecified atom stereocenters. The number of hydrogen-bond acceptors (Lipinski definition) is 4. The maximum atomic E-state index is 4.50. The van der Waals surface area contributed by atoms with Crippen LogP contribution in [0.15, 0.2) is 72.2 Å². The molecule has 1 aromatic carbocycles. The van der Waals surface area contributed by atoms with E-state index in [1.165, 1.54) is 10.4 Å². The normalized spacial score (nSPS) is 16.7. The Balaban J connectivity index is 1.47. The molecule has 4 rings (SSSR count). The molecule has 1 fully saturated rings. The van der Waals surface area contributed by atoms with Crippen LogP contribution in [-0.2, 0) is 6.42 Å². The Morgan fingerprint density at radius 1 is 0.880 bits per heavy atom. The summed E-state index contributed by atoms with van der Waals surface area (Å²) in [5.74, 6) is 1.10. The van der Waals surface area contributed by atoms with Crippen molar-refractivity contribution in [3.63, 3.8) is 0 Å². The molecule has 3 heterocycles. The number of hydrogen-bond donors (Lipinski definition) is 0. The van der Waals surface area contributed by atoms with Gasteiger partial charge in [0.1, 0.15) is 5.82 Å². The standard InChI is InChI=1S/C21H23N3S/c1-2-7-18(8-3-1)17-19(20-9-6-16-25-20)23-12-14-24(15-13-23)21-10-4-5-11-22-21/h1-11,16,19H,12-15,17H2. The lowest BCUT2D eigenvalue weighted by atomic mass is 10.0. The summed E-state index contributed by atoms with van der Waals surface area (Å²) < 4.78 is 0. The Morgan fingerprint density at radius 3 is 2.36 bits per heavy atom. The van der Waals surface area contributed by atoms with E-state index in [4.69, 9.17) is 0 Å². The molecule has 3 nitrogen and oxygen atoms in total. The number of nitrogens with zero attached hydrogens (tertiary/aromatic N) is 3. The Hall–Kier alpha value is -2.17. The molecule has 0 N–H and O–H groups in total. The van der Waals surface area contributed by atoms with Gasteiger partial charge in [-0.15, -0.1) is 11.3 Å². The van der Waals surface area contributed by atoms with Crippen molar-refractivity contribution >= 4 is 17.2 Å². The first-order valence-corrected chi connectivity index (χ1v) is 9.75. The summed E-state index contributed by atoms with van der Waals surface area (Å²) in [7, 11) is 0. The molecule has 0 amide bonds. The van der Waals surface area contributed by atoms with Gasteiger partial charge in [-0.05, 0) is 35.6 Å². The highest BCUT2D eigenvalue weighted by Crippen LogP contribution is 2.30. The van der Waals surface area contributed by atoms with Crippen molar-refractivity contribution in [2.24, 2.45) is 0 Å². The van der Waals surface area contributed by atoms with Crippen molar-refractivity contribution in [1.29, 1.82) is 0 Å². The molecular formula is C21H23N3S. The van der Waals surface area contributed by atoms with Crippen molar-refractivity contribution in [2.75, 3.05) is 31.1 Å². The third-order valence-corrected chi connectivity index (χ3v) is 5.85. The van der Waals surface area contributed by atoms with Gasteiger partial charge >= 0.3 is 0 Å². The fourth-order valence-corrected chi connectivity index (χ4v) is 4.39. The summed E-state index contributed by atoms with van der Waals surface area (Å²) in [6.07, 6.45) is 2.95. The summed E-state index contributed by atoms with van der Waals surface area (Å²) in [5.41, 5.74) is 1.41. The Bertz CT molecular complexity index is 750. The van der Waals surface area contributed by atoms with E-state index in [0.717, 1.165) is 38.4 Å². The zero-order valence-electron chi connectivity index (χ0n) is 14.3. The lowest BCUT2D eigenvalue weighted by Crippen LogP contribution is -2.48. The van der Waals surface area contributed by atoms with E-state index in [-0.39, 0.29) is 0 Å². The zero-order chi connectivity index (χ0) is 16.9. The summed E-state index contributed by atoms with van der Waals surface area (Å²) in [5, 5.41) is 2.19. The lowest BCUT2D eigenvalue weighted by molar-refractivity contribution is 0.187. The molecule has 0 radical (unpaired) electrons. The van der Waals surface area contributed by atoms with Crippen molar-refractivity contribution in [3.05, 3.63) is 82.7 Å². The number of aromatic nitrogens is 1. The monoisotopic (exact) mass is 349 g/mol. The third kappa shape index (κ3) is 3.91. The number of pyridine rings is 1. The van der Waals surface area contributed by atoms with E-state index in [0.29, 0.717) is 6.04 Å². The SMILES string of the molecule is c1ccc(CC(c2cccs2)N2CCN(c3ccccn3)CC2)cc1. The number of rotatable bonds is 5. The average Bonchev–Trinajstić information content (AvgIpc) is 3.22. The Morgan fingerprint density at radius 2 is 1.68 bits per heavy atom. The van der Waals surface area contributed by atoms with E-state index in [9.17, 15) is 0 Å². The molecule has 1 aliphatic rings. The second kappa shape index (κ2) is 7.81. The molecule has 1 atom stereocenters. The van der Waals surface area contributed by atoms with Gasteiger partial charge in [0, 0.05) is 43.3 Å². The van der Waals surface area contributed by atoms with E-state index < -0.39 is 0 Å². The quantitative estimate of drug-likeness (QED) is 0.686. The smallest absolute Gasteiger partial charge is 0.128 e. The van der Waals surface area contributed by atoms with Crippen LogP contribution < -0.4 is 4.90 Å². The molecule has 0 aliphatic carbocycles. The second-order valence-electron chi connectivity index (χ2n) is 6.43. The van der Waals surface area contributed by atoms with Crippen LogP contribution in [0.2, 0.25) is 0 Å². The van der Waals surface area contributed by atoms with Crippen molar-refractivity contribution < 1.29 is 0 Å². The van der Waals surface area contributed by atoms with Crippen LogP contribution in [0.5, 0.6) is 0 Å². The van der Waals surface area contributed by atoms with Crippen LogP contribution in [0.3, 0.4) is 0 Å². The lowest BCUT2D eigenvalue weighted by Gasteiger charge is -2.39. The van der Waals surface area contributed by atoms with Crippen LogP contribution in [0, 0.1) is 0 Å². The minimum absolute atomic E-state index is 0.466. The Kier molecular flexibility index (Phi) is 5.09. The average molecular weight is 350 g/mol. The van der Waals surface area contributed by atoms with Gasteiger partial charge in [-0.2, -0.15) is 0 Å². The van der Waals surface area contributed by atoms with Gasteiger partial charge in [-0.1, -0.05) is 42.5 Å². The molecule has 4 heteroatoms. The minimum atomic E-state index is 0.466. The van der Waals surface area contributed by atoms with E-state index in [2.05, 4.69) is 74.8 Å². The molecular weight excluding hydrogens is 326 g/mol. The van der Waals surface area contributed by atoms with Gasteiger partial charge in [0.2, 0.25) is 0 Å². The molecule has 1 aliphatic heterocycles. The first kappa shape index (κ1) is 16.3. The van der Waals surface area contributed by atoms with Crippen molar-refractivity contribution in [2.45, 2.75) is 12.5 Å². The largest absolute Gasteiger partial charge is 0.354 e. The number of benzene rings is 1. The maximum Gasteiger partial charge on any atom is 0.128 e. The molecule has 25 heavy (non-hydrogen) atoms. The first-order valence-electron chi connectivity index (χ1n) is 8.87. The predicted molar refractivity (Wildman–Crippen MR) is 105 cm³/mol. The highest BCUT2D eigenvalue weighted by Gasteiger charge is 2.26. The van der Waals surface area contributed by atoms with E-state index in [1.54, 1.807) is 0 Å². The third-order valence-electron chi connectivity index (χ3n) is 4.87. The van der Waals surface area contributed by atoms with Gasteiger partial charge in [0.05, 0.1) is 0 Å². The molecule has 0 spiro atoms. The van der Waals surface area contributed by atoms with Crippen LogP contribution >= 0.6 is 11.3 Å². The minimum Gasteiger partial charge on any atom is -0.354 e. The molecule has 0 saturated carbocycles. The highest BCUT2D eigenvalue weighted by molar-refractivity contribution is 7.10. The van der Waals surface area contributed by atoms with Gasteiger partial charge in [0.15, 0.2) is 0 Å². The van der Waals surface area contributed by atoms with Crippen LogP contribution in [0.25, 0.3) is 0 Å². The molecule has 0 bridgehead atoms. The number of piperazine rings is 1. The van der Waals surface area contributed by atoms with Gasteiger partial charge in [0.25, 0.3) is 0 Å². The number of thiophene rings is 1. The van der Waals surface area contributed by atoms with E-state index in [1.807, 2.05) is 23.6 Å². The molecule has 2 aromatic heterocycles. The van der Waals surface area contributed by atoms with E-state index >= 15 is 0 Å². The van der Waals surface area contributed by atoms with Gasteiger partial charge in [-0.3, -0.25) is 4.90 Å². The Labute approximate surface area is 153 Å². The van der Waals surface area contributed by atoms with Gasteiger partial charge in [-0.25, -0.2) is 4.98 Å². The van der Waals surface area contributed by atoms with Crippen LogP contribution in [-0.4, -0.2) is 36.1 Å². The summed E-state index contributed by atoms with van der Waals surface area (Å²) >= 11 is 1.87. The molecule has 3 aromatic rings. The van der Waals surface area contributed by atoms with Crippen molar-refractivity contribution in [1.82, 2.24) is 9.88 Å². The highest BCUT2D eigenvalue weighted by atomic mass is 32.1.